The first kappa shape index (κ1) is 16.4. The second-order valence-electron chi connectivity index (χ2n) is 6.69. The van der Waals surface area contributed by atoms with Crippen molar-refractivity contribution in [2.45, 2.75) is 83.2 Å². The summed E-state index contributed by atoms with van der Waals surface area (Å²) < 4.78 is 6.44. The zero-order valence-electron chi connectivity index (χ0n) is 12.8. The predicted octanol–water partition coefficient (Wildman–Crippen LogP) is 2.61. The minimum Gasteiger partial charge on any atom is -0.412 e. The van der Waals surface area contributed by atoms with Crippen LogP contribution in [0.3, 0.4) is 0 Å². The summed E-state index contributed by atoms with van der Waals surface area (Å²) in [5.74, 6) is 0. The van der Waals surface area contributed by atoms with E-state index < -0.39 is 21.0 Å². The monoisotopic (exact) mass is 290 g/mol. The van der Waals surface area contributed by atoms with Crippen molar-refractivity contribution in [2.75, 3.05) is 0 Å². The third kappa shape index (κ3) is 2.61. The molecule has 0 amide bonds. The van der Waals surface area contributed by atoms with Gasteiger partial charge in [0.2, 0.25) is 0 Å². The molecule has 0 radical (unpaired) electrons. The van der Waals surface area contributed by atoms with Gasteiger partial charge in [-0.15, -0.1) is 0 Å². The zero-order valence-corrected chi connectivity index (χ0v) is 14.8. The SMILES string of the molecule is CCC(O)C1(C)CC[Si](C)(C(O)CC)[Si](C)(C)O1. The van der Waals surface area contributed by atoms with Gasteiger partial charge in [-0.25, -0.2) is 0 Å². The summed E-state index contributed by atoms with van der Waals surface area (Å²) in [5.41, 5.74) is -0.563. The van der Waals surface area contributed by atoms with Crippen LogP contribution in [-0.2, 0) is 4.43 Å². The second-order valence-corrected chi connectivity index (χ2v) is 21.0. The summed E-state index contributed by atoms with van der Waals surface area (Å²) in [6.45, 7) is 12.9. The molecule has 0 aliphatic carbocycles. The van der Waals surface area contributed by atoms with Gasteiger partial charge in [0, 0.05) is 5.73 Å². The lowest BCUT2D eigenvalue weighted by atomic mass is 9.94. The Morgan fingerprint density at radius 2 is 1.72 bits per heavy atom. The van der Waals surface area contributed by atoms with Crippen molar-refractivity contribution in [3.63, 3.8) is 0 Å². The normalized spacial score (nSPS) is 39.3. The molecular weight excluding hydrogens is 260 g/mol. The van der Waals surface area contributed by atoms with E-state index in [1.165, 1.54) is 0 Å². The molecule has 4 unspecified atom stereocenters. The van der Waals surface area contributed by atoms with E-state index in [-0.39, 0.29) is 11.8 Å². The van der Waals surface area contributed by atoms with Gasteiger partial charge in [-0.1, -0.05) is 26.4 Å². The quantitative estimate of drug-likeness (QED) is 0.783. The minimum absolute atomic E-state index is 0.164. The predicted molar refractivity (Wildman–Crippen MR) is 80.6 cm³/mol. The van der Waals surface area contributed by atoms with Gasteiger partial charge in [0.15, 0.2) is 7.83 Å². The molecule has 0 saturated carbocycles. The molecule has 0 aromatic rings. The molecule has 3 nitrogen and oxygen atoms in total. The highest BCUT2D eigenvalue weighted by Crippen LogP contribution is 2.43. The molecule has 18 heavy (non-hydrogen) atoms. The number of hydrogen-bond donors (Lipinski definition) is 2. The van der Waals surface area contributed by atoms with Crippen molar-refractivity contribution in [3.8, 4) is 0 Å². The number of aliphatic hydroxyl groups is 2. The van der Waals surface area contributed by atoms with Gasteiger partial charge < -0.3 is 14.6 Å². The maximum atomic E-state index is 10.4. The lowest BCUT2D eigenvalue weighted by Crippen LogP contribution is -2.72. The van der Waals surface area contributed by atoms with Crippen LogP contribution in [0, 0.1) is 0 Å². The van der Waals surface area contributed by atoms with Crippen LogP contribution in [0.15, 0.2) is 0 Å². The molecule has 1 fully saturated rings. The molecule has 1 rings (SSSR count). The van der Waals surface area contributed by atoms with Crippen LogP contribution in [0.2, 0.25) is 25.7 Å². The van der Waals surface area contributed by atoms with E-state index in [2.05, 4.69) is 26.6 Å². The van der Waals surface area contributed by atoms with Crippen molar-refractivity contribution in [3.05, 3.63) is 0 Å². The van der Waals surface area contributed by atoms with Crippen LogP contribution in [0.5, 0.6) is 0 Å². The third-order valence-electron chi connectivity index (χ3n) is 5.22. The molecule has 5 heteroatoms. The molecule has 1 saturated heterocycles. The molecule has 0 aromatic carbocycles. The van der Waals surface area contributed by atoms with Crippen LogP contribution in [0.25, 0.3) is 0 Å². The van der Waals surface area contributed by atoms with Gasteiger partial charge in [0.05, 0.1) is 11.7 Å². The van der Waals surface area contributed by atoms with Crippen molar-refractivity contribution in [1.29, 1.82) is 0 Å². The molecule has 2 N–H and O–H groups in total. The van der Waals surface area contributed by atoms with Gasteiger partial charge in [-0.05, 0) is 39.3 Å². The lowest BCUT2D eigenvalue weighted by Gasteiger charge is -2.54. The Hall–Kier alpha value is 0.314. The number of aliphatic hydroxyl groups excluding tert-OH is 2. The smallest absolute Gasteiger partial charge is 0.178 e. The average Bonchev–Trinajstić information content (AvgIpc) is 2.31. The van der Waals surface area contributed by atoms with Gasteiger partial charge in [0.1, 0.15) is 7.59 Å². The Morgan fingerprint density at radius 3 is 2.11 bits per heavy atom. The van der Waals surface area contributed by atoms with E-state index in [0.717, 1.165) is 25.3 Å². The molecule has 1 aliphatic rings. The zero-order chi connectivity index (χ0) is 14.2. The van der Waals surface area contributed by atoms with Crippen LogP contribution in [0.1, 0.15) is 40.0 Å². The summed E-state index contributed by atoms with van der Waals surface area (Å²) >= 11 is 0. The summed E-state index contributed by atoms with van der Waals surface area (Å²) in [6.07, 6.45) is 2.06. The van der Waals surface area contributed by atoms with Crippen LogP contribution >= 0.6 is 0 Å². The highest BCUT2D eigenvalue weighted by atomic mass is 29.3. The third-order valence-corrected chi connectivity index (χ3v) is 22.4. The Labute approximate surface area is 113 Å². The van der Waals surface area contributed by atoms with E-state index in [1.807, 2.05) is 13.8 Å². The maximum Gasteiger partial charge on any atom is 0.178 e. The van der Waals surface area contributed by atoms with Crippen LogP contribution in [0.4, 0.5) is 0 Å². The van der Waals surface area contributed by atoms with Gasteiger partial charge in [-0.2, -0.15) is 0 Å². The van der Waals surface area contributed by atoms with Crippen molar-refractivity contribution >= 4 is 15.4 Å². The molecule has 1 heterocycles. The van der Waals surface area contributed by atoms with E-state index in [0.29, 0.717) is 0 Å². The van der Waals surface area contributed by atoms with Gasteiger partial charge in [0.25, 0.3) is 0 Å². The standard InChI is InChI=1S/C13H30O3Si2/c1-7-11(14)13(3)9-10-18(6,12(15)8-2)17(4,5)16-13/h11-12,14-15H,7-10H2,1-6H3. The highest BCUT2D eigenvalue weighted by molar-refractivity contribution is 7.39. The largest absolute Gasteiger partial charge is 0.412 e. The summed E-state index contributed by atoms with van der Waals surface area (Å²) in [4.78, 5) is 0. The fourth-order valence-electron chi connectivity index (χ4n) is 3.24. The average molecular weight is 291 g/mol. The van der Waals surface area contributed by atoms with E-state index >= 15 is 0 Å². The van der Waals surface area contributed by atoms with Gasteiger partial charge in [-0.3, -0.25) is 0 Å². The fraction of sp³-hybridized carbons (Fsp3) is 1.00. The Bertz CT molecular complexity index is 298. The summed E-state index contributed by atoms with van der Waals surface area (Å²) in [7, 11) is -3.67. The van der Waals surface area contributed by atoms with E-state index in [9.17, 15) is 10.2 Å². The van der Waals surface area contributed by atoms with Crippen molar-refractivity contribution < 1.29 is 14.6 Å². The highest BCUT2D eigenvalue weighted by Gasteiger charge is 2.58. The molecular formula is C13H30O3Si2. The summed E-state index contributed by atoms with van der Waals surface area (Å²) in [5, 5.41) is 20.6. The Kier molecular flexibility index (Phi) is 4.88. The van der Waals surface area contributed by atoms with Crippen LogP contribution in [-0.4, -0.2) is 43.1 Å². The topological polar surface area (TPSA) is 49.7 Å². The van der Waals surface area contributed by atoms with E-state index in [4.69, 9.17) is 4.43 Å². The molecule has 0 aromatic heterocycles. The second kappa shape index (κ2) is 5.36. The lowest BCUT2D eigenvalue weighted by molar-refractivity contribution is -0.0538. The fourth-order valence-corrected chi connectivity index (χ4v) is 15.1. The number of rotatable bonds is 4. The first-order valence-corrected chi connectivity index (χ1v) is 13.9. The van der Waals surface area contributed by atoms with Crippen molar-refractivity contribution in [1.82, 2.24) is 0 Å². The molecule has 0 spiro atoms. The van der Waals surface area contributed by atoms with Crippen LogP contribution < -0.4 is 0 Å². The summed E-state index contributed by atoms with van der Waals surface area (Å²) in [6, 6.07) is 1.08. The maximum absolute atomic E-state index is 10.4. The molecule has 1 aliphatic heterocycles. The molecule has 108 valence electrons. The Balaban J connectivity index is 2.97. The Morgan fingerprint density at radius 1 is 1.17 bits per heavy atom. The molecule has 4 atom stereocenters. The van der Waals surface area contributed by atoms with Gasteiger partial charge >= 0.3 is 0 Å². The van der Waals surface area contributed by atoms with Crippen molar-refractivity contribution in [2.24, 2.45) is 0 Å². The number of hydrogen-bond acceptors (Lipinski definition) is 3. The first-order valence-electron chi connectivity index (χ1n) is 7.19. The molecule has 0 bridgehead atoms. The minimum atomic E-state index is -1.91. The van der Waals surface area contributed by atoms with E-state index in [1.54, 1.807) is 0 Å². The first-order chi connectivity index (χ1) is 8.13.